The predicted molar refractivity (Wildman–Crippen MR) is 90.3 cm³/mol. The lowest BCUT2D eigenvalue weighted by atomic mass is 9.95. The van der Waals surface area contributed by atoms with Gasteiger partial charge in [0, 0.05) is 17.8 Å². The van der Waals surface area contributed by atoms with Gasteiger partial charge >= 0.3 is 0 Å². The molecule has 1 aliphatic heterocycles. The third-order valence-corrected chi connectivity index (χ3v) is 4.31. The van der Waals surface area contributed by atoms with Gasteiger partial charge in [0.05, 0.1) is 6.54 Å². The van der Waals surface area contributed by atoms with Crippen molar-refractivity contribution in [3.05, 3.63) is 29.8 Å². The van der Waals surface area contributed by atoms with E-state index in [9.17, 15) is 4.79 Å². The van der Waals surface area contributed by atoms with Crippen molar-refractivity contribution in [1.82, 2.24) is 4.90 Å². The third-order valence-electron chi connectivity index (χ3n) is 4.07. The minimum Gasteiger partial charge on any atom is -0.389 e. The first-order valence-corrected chi connectivity index (χ1v) is 7.78. The van der Waals surface area contributed by atoms with E-state index < -0.39 is 0 Å². The molecule has 1 aromatic carbocycles. The van der Waals surface area contributed by atoms with Gasteiger partial charge in [0.15, 0.2) is 0 Å². The second kappa shape index (κ2) is 7.00. The van der Waals surface area contributed by atoms with Crippen molar-refractivity contribution >= 4 is 28.8 Å². The van der Waals surface area contributed by atoms with Crippen LogP contribution in [0.2, 0.25) is 0 Å². The highest BCUT2D eigenvalue weighted by atomic mass is 32.1. The monoisotopic (exact) mass is 305 g/mol. The lowest BCUT2D eigenvalue weighted by Gasteiger charge is -2.17. The van der Waals surface area contributed by atoms with Crippen molar-refractivity contribution in [1.29, 1.82) is 0 Å². The van der Waals surface area contributed by atoms with Crippen LogP contribution in [0.5, 0.6) is 0 Å². The normalized spacial score (nSPS) is 18.9. The van der Waals surface area contributed by atoms with Crippen LogP contribution in [0, 0.1) is 11.8 Å². The number of carbonyl (C=O) groups excluding carboxylic acids is 1. The minimum atomic E-state index is 0.0301. The van der Waals surface area contributed by atoms with Crippen molar-refractivity contribution in [2.75, 3.05) is 25.0 Å². The van der Waals surface area contributed by atoms with E-state index in [2.05, 4.69) is 24.1 Å². The van der Waals surface area contributed by atoms with E-state index in [0.29, 0.717) is 23.4 Å². The first kappa shape index (κ1) is 15.9. The van der Waals surface area contributed by atoms with Crippen molar-refractivity contribution < 1.29 is 4.79 Å². The van der Waals surface area contributed by atoms with Gasteiger partial charge in [-0.15, -0.1) is 0 Å². The molecule has 1 aliphatic rings. The Morgan fingerprint density at radius 3 is 2.62 bits per heavy atom. The summed E-state index contributed by atoms with van der Waals surface area (Å²) < 4.78 is 0. The Kier molecular flexibility index (Phi) is 5.31. The molecule has 0 radical (unpaired) electrons. The molecule has 1 heterocycles. The van der Waals surface area contributed by atoms with Crippen molar-refractivity contribution in [3.8, 4) is 0 Å². The molecule has 21 heavy (non-hydrogen) atoms. The lowest BCUT2D eigenvalue weighted by molar-refractivity contribution is -0.117. The summed E-state index contributed by atoms with van der Waals surface area (Å²) in [6.45, 7) is 6.98. The number of amides is 1. The van der Waals surface area contributed by atoms with Gasteiger partial charge < -0.3 is 11.1 Å². The summed E-state index contributed by atoms with van der Waals surface area (Å²) in [4.78, 5) is 14.7. The molecule has 0 spiro atoms. The Hall–Kier alpha value is -1.46. The van der Waals surface area contributed by atoms with E-state index in [1.165, 1.54) is 6.42 Å². The van der Waals surface area contributed by atoms with Gasteiger partial charge in [0.25, 0.3) is 0 Å². The first-order valence-electron chi connectivity index (χ1n) is 7.38. The molecule has 2 rings (SSSR count). The second-order valence-corrected chi connectivity index (χ2v) is 6.46. The number of nitrogens with one attached hydrogen (secondary N) is 1. The fourth-order valence-corrected chi connectivity index (χ4v) is 2.81. The summed E-state index contributed by atoms with van der Waals surface area (Å²) in [5.41, 5.74) is 7.13. The van der Waals surface area contributed by atoms with Crippen LogP contribution in [0.4, 0.5) is 5.69 Å². The Balaban J connectivity index is 1.83. The van der Waals surface area contributed by atoms with Gasteiger partial charge in [-0.25, -0.2) is 0 Å². The molecular formula is C16H23N3OS. The van der Waals surface area contributed by atoms with Gasteiger partial charge in [-0.05, 0) is 49.1 Å². The van der Waals surface area contributed by atoms with E-state index in [-0.39, 0.29) is 5.91 Å². The van der Waals surface area contributed by atoms with Crippen molar-refractivity contribution in [2.45, 2.75) is 20.3 Å². The number of thiocarbonyl (C=S) groups is 1. The van der Waals surface area contributed by atoms with E-state index in [4.69, 9.17) is 18.0 Å². The number of nitrogens with zero attached hydrogens (tertiary/aromatic N) is 1. The van der Waals surface area contributed by atoms with Crippen LogP contribution >= 0.6 is 12.2 Å². The molecule has 114 valence electrons. The van der Waals surface area contributed by atoms with Crippen LogP contribution in [0.3, 0.4) is 0 Å². The number of benzene rings is 1. The van der Waals surface area contributed by atoms with Gasteiger partial charge in [-0.2, -0.15) is 0 Å². The predicted octanol–water partition coefficient (Wildman–Crippen LogP) is 2.24. The SMILES string of the molecule is CC(C)C1CCN(CC(=O)Nc2ccc(C(N)=S)cc2)C1. The fraction of sp³-hybridized carbons (Fsp3) is 0.500. The average Bonchev–Trinajstić information content (AvgIpc) is 2.87. The lowest BCUT2D eigenvalue weighted by Crippen LogP contribution is -2.32. The van der Waals surface area contributed by atoms with Crippen molar-refractivity contribution in [3.63, 3.8) is 0 Å². The number of anilines is 1. The maximum atomic E-state index is 12.1. The largest absolute Gasteiger partial charge is 0.389 e. The van der Waals surface area contributed by atoms with Crippen LogP contribution in [0.15, 0.2) is 24.3 Å². The van der Waals surface area contributed by atoms with Crippen LogP contribution in [0.1, 0.15) is 25.8 Å². The molecular weight excluding hydrogens is 282 g/mol. The fourth-order valence-electron chi connectivity index (χ4n) is 2.67. The maximum absolute atomic E-state index is 12.1. The number of likely N-dealkylation sites (tertiary alicyclic amines) is 1. The number of hydrogen-bond donors (Lipinski definition) is 2. The molecule has 1 atom stereocenters. The Morgan fingerprint density at radius 2 is 2.10 bits per heavy atom. The molecule has 1 amide bonds. The van der Waals surface area contributed by atoms with Crippen LogP contribution < -0.4 is 11.1 Å². The molecule has 0 aliphatic carbocycles. The summed E-state index contributed by atoms with van der Waals surface area (Å²) >= 11 is 4.90. The van der Waals surface area contributed by atoms with Gasteiger partial charge in [0.1, 0.15) is 4.99 Å². The van der Waals surface area contributed by atoms with E-state index >= 15 is 0 Å². The molecule has 4 nitrogen and oxygen atoms in total. The van der Waals surface area contributed by atoms with Crippen LogP contribution in [0.25, 0.3) is 0 Å². The molecule has 3 N–H and O–H groups in total. The summed E-state index contributed by atoms with van der Waals surface area (Å²) in [6.07, 6.45) is 1.19. The summed E-state index contributed by atoms with van der Waals surface area (Å²) in [6, 6.07) is 7.30. The molecule has 0 saturated carbocycles. The summed E-state index contributed by atoms with van der Waals surface area (Å²) in [5.74, 6) is 1.43. The molecule has 5 heteroatoms. The minimum absolute atomic E-state index is 0.0301. The van der Waals surface area contributed by atoms with Crippen LogP contribution in [-0.2, 0) is 4.79 Å². The van der Waals surface area contributed by atoms with E-state index in [1.54, 1.807) is 0 Å². The highest BCUT2D eigenvalue weighted by molar-refractivity contribution is 7.80. The van der Waals surface area contributed by atoms with Gasteiger partial charge in [-0.1, -0.05) is 26.1 Å². The summed E-state index contributed by atoms with van der Waals surface area (Å²) in [7, 11) is 0. The Morgan fingerprint density at radius 1 is 1.43 bits per heavy atom. The average molecular weight is 305 g/mol. The number of nitrogens with two attached hydrogens (primary N) is 1. The highest BCUT2D eigenvalue weighted by Crippen LogP contribution is 2.23. The molecule has 1 saturated heterocycles. The number of carbonyl (C=O) groups is 1. The highest BCUT2D eigenvalue weighted by Gasteiger charge is 2.25. The zero-order chi connectivity index (χ0) is 15.4. The van der Waals surface area contributed by atoms with Gasteiger partial charge in [0.2, 0.25) is 5.91 Å². The maximum Gasteiger partial charge on any atom is 0.238 e. The zero-order valence-electron chi connectivity index (χ0n) is 12.6. The van der Waals surface area contributed by atoms with Crippen molar-refractivity contribution in [2.24, 2.45) is 17.6 Å². The quantitative estimate of drug-likeness (QED) is 0.819. The van der Waals surface area contributed by atoms with E-state index in [0.717, 1.165) is 24.3 Å². The molecule has 1 unspecified atom stereocenters. The Labute approximate surface area is 131 Å². The van der Waals surface area contributed by atoms with Crippen LogP contribution in [-0.4, -0.2) is 35.4 Å². The smallest absolute Gasteiger partial charge is 0.238 e. The van der Waals surface area contributed by atoms with E-state index in [1.807, 2.05) is 24.3 Å². The number of hydrogen-bond acceptors (Lipinski definition) is 3. The molecule has 0 bridgehead atoms. The zero-order valence-corrected chi connectivity index (χ0v) is 13.5. The first-order chi connectivity index (χ1) is 9.95. The molecule has 1 fully saturated rings. The van der Waals surface area contributed by atoms with Gasteiger partial charge in [-0.3, -0.25) is 9.69 Å². The Bertz CT molecular complexity index is 513. The summed E-state index contributed by atoms with van der Waals surface area (Å²) in [5, 5.41) is 2.91. The number of rotatable bonds is 5. The topological polar surface area (TPSA) is 58.4 Å². The third kappa shape index (κ3) is 4.51. The standard InChI is InChI=1S/C16H23N3OS/c1-11(2)13-7-8-19(9-13)10-15(20)18-14-5-3-12(4-6-14)16(17)21/h3-6,11,13H,7-10H2,1-2H3,(H2,17,21)(H,18,20). The molecule has 1 aromatic rings. The second-order valence-electron chi connectivity index (χ2n) is 6.02. The molecule has 0 aromatic heterocycles.